The van der Waals surface area contributed by atoms with Crippen molar-refractivity contribution in [3.8, 4) is 0 Å². The lowest BCUT2D eigenvalue weighted by molar-refractivity contribution is -0.143. The Labute approximate surface area is 177 Å². The van der Waals surface area contributed by atoms with Crippen LogP contribution < -0.4 is 10.6 Å². The molecule has 8 nitrogen and oxygen atoms in total. The SMILES string of the molecule is O=C(N[C@H](C(=O)N[C@@H](CC1CCCCC1)C(=O)O)C1CCCCC1)c1cnccn1. The number of carbonyl (C=O) groups is 3. The topological polar surface area (TPSA) is 121 Å². The zero-order valence-corrected chi connectivity index (χ0v) is 17.4. The molecule has 30 heavy (non-hydrogen) atoms. The van der Waals surface area contributed by atoms with Gasteiger partial charge >= 0.3 is 5.97 Å². The average Bonchev–Trinajstić information content (AvgIpc) is 2.78. The molecule has 3 rings (SSSR count). The number of nitrogens with zero attached hydrogens (tertiary/aromatic N) is 2. The molecule has 0 unspecified atom stereocenters. The molecule has 2 fully saturated rings. The van der Waals surface area contributed by atoms with Gasteiger partial charge in [0.25, 0.3) is 5.91 Å². The van der Waals surface area contributed by atoms with Crippen LogP contribution in [-0.2, 0) is 9.59 Å². The fourth-order valence-electron chi connectivity index (χ4n) is 4.74. The van der Waals surface area contributed by atoms with E-state index in [1.165, 1.54) is 25.0 Å². The molecule has 0 aliphatic heterocycles. The van der Waals surface area contributed by atoms with E-state index in [2.05, 4.69) is 20.6 Å². The number of nitrogens with one attached hydrogen (secondary N) is 2. The van der Waals surface area contributed by atoms with Crippen LogP contribution in [0.25, 0.3) is 0 Å². The summed E-state index contributed by atoms with van der Waals surface area (Å²) in [6.45, 7) is 0. The van der Waals surface area contributed by atoms with Crippen LogP contribution in [0.3, 0.4) is 0 Å². The minimum Gasteiger partial charge on any atom is -0.480 e. The zero-order chi connectivity index (χ0) is 21.3. The Hall–Kier alpha value is -2.51. The highest BCUT2D eigenvalue weighted by Gasteiger charge is 2.34. The number of carboxylic acid groups (broad SMARTS) is 1. The van der Waals surface area contributed by atoms with Crippen molar-refractivity contribution in [2.75, 3.05) is 0 Å². The smallest absolute Gasteiger partial charge is 0.326 e. The molecule has 2 atom stereocenters. The lowest BCUT2D eigenvalue weighted by Crippen LogP contribution is -2.55. The highest BCUT2D eigenvalue weighted by Crippen LogP contribution is 2.29. The Bertz CT molecular complexity index is 715. The highest BCUT2D eigenvalue weighted by molar-refractivity contribution is 5.96. The summed E-state index contributed by atoms with van der Waals surface area (Å²) in [6.07, 6.45) is 14.9. The van der Waals surface area contributed by atoms with Gasteiger partial charge < -0.3 is 15.7 Å². The second-order valence-electron chi connectivity index (χ2n) is 8.58. The second-order valence-corrected chi connectivity index (χ2v) is 8.58. The summed E-state index contributed by atoms with van der Waals surface area (Å²) in [5, 5.41) is 15.2. The molecule has 164 valence electrons. The first-order valence-corrected chi connectivity index (χ1v) is 11.1. The second kappa shape index (κ2) is 11.0. The van der Waals surface area contributed by atoms with Crippen LogP contribution in [0.4, 0.5) is 0 Å². The van der Waals surface area contributed by atoms with Gasteiger partial charge in [0.2, 0.25) is 5.91 Å². The van der Waals surface area contributed by atoms with Crippen molar-refractivity contribution in [3.05, 3.63) is 24.3 Å². The van der Waals surface area contributed by atoms with E-state index < -0.39 is 29.9 Å². The zero-order valence-electron chi connectivity index (χ0n) is 17.4. The maximum atomic E-state index is 13.1. The number of hydrogen-bond donors (Lipinski definition) is 3. The Balaban J connectivity index is 1.69. The maximum absolute atomic E-state index is 13.1. The van der Waals surface area contributed by atoms with Crippen LogP contribution in [0.2, 0.25) is 0 Å². The molecule has 1 aromatic heterocycles. The third-order valence-electron chi connectivity index (χ3n) is 6.39. The minimum absolute atomic E-state index is 0.0107. The molecular weight excluding hydrogens is 384 g/mol. The third-order valence-corrected chi connectivity index (χ3v) is 6.39. The molecule has 0 aromatic carbocycles. The monoisotopic (exact) mass is 416 g/mol. The van der Waals surface area contributed by atoms with Gasteiger partial charge in [-0.2, -0.15) is 0 Å². The van der Waals surface area contributed by atoms with Crippen LogP contribution >= 0.6 is 0 Å². The lowest BCUT2D eigenvalue weighted by Gasteiger charge is -2.31. The molecule has 0 spiro atoms. The first kappa shape index (κ1) is 22.2. The van der Waals surface area contributed by atoms with E-state index in [0.717, 1.165) is 57.8 Å². The molecular formula is C22H32N4O4. The number of carboxylic acids is 1. The highest BCUT2D eigenvalue weighted by atomic mass is 16.4. The van der Waals surface area contributed by atoms with E-state index in [1.54, 1.807) is 0 Å². The van der Waals surface area contributed by atoms with Gasteiger partial charge in [-0.1, -0.05) is 51.4 Å². The fourth-order valence-corrected chi connectivity index (χ4v) is 4.74. The number of aromatic nitrogens is 2. The lowest BCUT2D eigenvalue weighted by atomic mass is 9.82. The summed E-state index contributed by atoms with van der Waals surface area (Å²) in [6, 6.07) is -1.70. The molecule has 2 aliphatic carbocycles. The number of carbonyl (C=O) groups excluding carboxylic acids is 2. The van der Waals surface area contributed by atoms with Gasteiger partial charge in [0, 0.05) is 12.4 Å². The number of aliphatic carboxylic acids is 1. The predicted octanol–water partition coefficient (Wildman–Crippen LogP) is 2.70. The van der Waals surface area contributed by atoms with Crippen LogP contribution in [0, 0.1) is 11.8 Å². The van der Waals surface area contributed by atoms with Crippen molar-refractivity contribution in [3.63, 3.8) is 0 Å². The van der Waals surface area contributed by atoms with E-state index in [0.29, 0.717) is 12.3 Å². The van der Waals surface area contributed by atoms with Gasteiger partial charge in [-0.05, 0) is 31.1 Å². The minimum atomic E-state index is -1.02. The van der Waals surface area contributed by atoms with E-state index >= 15 is 0 Å². The van der Waals surface area contributed by atoms with E-state index in [4.69, 9.17) is 0 Å². The molecule has 0 bridgehead atoms. The van der Waals surface area contributed by atoms with Crippen molar-refractivity contribution in [2.45, 2.75) is 82.7 Å². The number of rotatable bonds is 8. The molecule has 2 amide bonds. The summed E-state index contributed by atoms with van der Waals surface area (Å²) >= 11 is 0. The number of amides is 2. The van der Waals surface area contributed by atoms with Crippen molar-refractivity contribution in [1.82, 2.24) is 20.6 Å². The van der Waals surface area contributed by atoms with Gasteiger partial charge in [-0.15, -0.1) is 0 Å². The molecule has 2 aliphatic rings. The van der Waals surface area contributed by atoms with Crippen molar-refractivity contribution >= 4 is 17.8 Å². The standard InChI is InChI=1S/C22H32N4O4/c27-20(18-14-23-11-12-24-18)26-19(16-9-5-2-6-10-16)21(28)25-17(22(29)30)13-15-7-3-1-4-8-15/h11-12,14-17,19H,1-10,13H2,(H,25,28)(H,26,27)(H,29,30)/t17-,19-/m0/s1. The quantitative estimate of drug-likeness (QED) is 0.599. The normalized spacial score (nSPS) is 20.1. The summed E-state index contributed by atoms with van der Waals surface area (Å²) in [5.74, 6) is -1.59. The Kier molecular flexibility index (Phi) is 8.16. The molecule has 2 saturated carbocycles. The molecule has 1 aromatic rings. The van der Waals surface area contributed by atoms with Crippen LogP contribution in [0.1, 0.15) is 81.1 Å². The van der Waals surface area contributed by atoms with Crippen molar-refractivity contribution in [1.29, 1.82) is 0 Å². The van der Waals surface area contributed by atoms with E-state index in [-0.39, 0.29) is 11.6 Å². The average molecular weight is 417 g/mol. The van der Waals surface area contributed by atoms with E-state index in [1.807, 2.05) is 0 Å². The predicted molar refractivity (Wildman–Crippen MR) is 111 cm³/mol. The summed E-state index contributed by atoms with van der Waals surface area (Å²) in [7, 11) is 0. The van der Waals surface area contributed by atoms with Gasteiger partial charge in [0.05, 0.1) is 6.20 Å². The first-order chi connectivity index (χ1) is 14.5. The van der Waals surface area contributed by atoms with Gasteiger partial charge in [0.1, 0.15) is 17.8 Å². The van der Waals surface area contributed by atoms with Crippen LogP contribution in [0.5, 0.6) is 0 Å². The van der Waals surface area contributed by atoms with E-state index in [9.17, 15) is 19.5 Å². The largest absolute Gasteiger partial charge is 0.480 e. The van der Waals surface area contributed by atoms with Crippen LogP contribution in [-0.4, -0.2) is 44.9 Å². The van der Waals surface area contributed by atoms with Gasteiger partial charge in [-0.25, -0.2) is 9.78 Å². The van der Waals surface area contributed by atoms with Crippen LogP contribution in [0.15, 0.2) is 18.6 Å². The van der Waals surface area contributed by atoms with Crippen molar-refractivity contribution < 1.29 is 19.5 Å². The van der Waals surface area contributed by atoms with Gasteiger partial charge in [-0.3, -0.25) is 14.6 Å². The molecule has 0 radical (unpaired) electrons. The molecule has 8 heteroatoms. The molecule has 3 N–H and O–H groups in total. The Morgan fingerprint density at radius 3 is 2.23 bits per heavy atom. The summed E-state index contributed by atoms with van der Waals surface area (Å²) in [4.78, 5) is 45.5. The first-order valence-electron chi connectivity index (χ1n) is 11.1. The third kappa shape index (κ3) is 6.24. The Morgan fingerprint density at radius 2 is 1.63 bits per heavy atom. The molecule has 1 heterocycles. The van der Waals surface area contributed by atoms with Crippen molar-refractivity contribution in [2.24, 2.45) is 11.8 Å². The Morgan fingerprint density at radius 1 is 0.967 bits per heavy atom. The van der Waals surface area contributed by atoms with Gasteiger partial charge in [0.15, 0.2) is 0 Å². The molecule has 0 saturated heterocycles. The fraction of sp³-hybridized carbons (Fsp3) is 0.682. The summed E-state index contributed by atoms with van der Waals surface area (Å²) in [5.41, 5.74) is 0.142. The maximum Gasteiger partial charge on any atom is 0.326 e. The number of hydrogen-bond acceptors (Lipinski definition) is 5. The summed E-state index contributed by atoms with van der Waals surface area (Å²) < 4.78 is 0.